The molecule has 0 bridgehead atoms. The molecule has 0 aliphatic heterocycles. The third-order valence-electron chi connectivity index (χ3n) is 3.17. The van der Waals surface area contributed by atoms with Gasteiger partial charge in [-0.05, 0) is 31.9 Å². The van der Waals surface area contributed by atoms with Crippen LogP contribution in [0.2, 0.25) is 0 Å². The van der Waals surface area contributed by atoms with E-state index < -0.39 is 42.4 Å². The Hall–Kier alpha value is -3.00. The maximum Gasteiger partial charge on any atom is 0.285 e. The van der Waals surface area contributed by atoms with Gasteiger partial charge in [0, 0.05) is 21.1 Å². The topological polar surface area (TPSA) is 173 Å². The van der Waals surface area contributed by atoms with Crippen molar-refractivity contribution in [2.24, 2.45) is 0 Å². The summed E-state index contributed by atoms with van der Waals surface area (Å²) in [5.74, 6) is 0. The highest BCUT2D eigenvalue weighted by molar-refractivity contribution is 9.11. The van der Waals surface area contributed by atoms with Gasteiger partial charge in [-0.2, -0.15) is 0 Å². The highest BCUT2D eigenvalue weighted by atomic mass is 79.9. The molecule has 0 aliphatic rings. The average Bonchev–Trinajstić information content (AvgIpc) is 2.53. The fraction of sp³-hybridized carbons (Fsp3) is 0. The monoisotopic (exact) mass is 490 g/mol. The predicted octanol–water partition coefficient (Wildman–Crippen LogP) is 4.51. The maximum atomic E-state index is 11.4. The third kappa shape index (κ3) is 3.50. The average molecular weight is 492 g/mol. The molecular formula is C12H4Br2N4O8. The number of nitro groups is 4. The molecule has 12 nitrogen and oxygen atoms in total. The maximum absolute atomic E-state index is 11.4. The van der Waals surface area contributed by atoms with Crippen LogP contribution in [0.25, 0.3) is 11.1 Å². The number of rotatable bonds is 5. The van der Waals surface area contributed by atoms with Crippen molar-refractivity contribution in [1.29, 1.82) is 0 Å². The molecular weight excluding hydrogens is 488 g/mol. The van der Waals surface area contributed by atoms with Crippen molar-refractivity contribution in [2.45, 2.75) is 0 Å². The molecule has 134 valence electrons. The Balaban J connectivity index is 2.96. The third-order valence-corrected chi connectivity index (χ3v) is 4.42. The zero-order chi connectivity index (χ0) is 19.8. The van der Waals surface area contributed by atoms with Gasteiger partial charge < -0.3 is 0 Å². The number of non-ortho nitro benzene ring substituents is 2. The van der Waals surface area contributed by atoms with Gasteiger partial charge in [0.25, 0.3) is 22.7 Å². The number of benzene rings is 2. The zero-order valence-corrected chi connectivity index (χ0v) is 15.3. The predicted molar refractivity (Wildman–Crippen MR) is 93.9 cm³/mol. The number of nitrogens with zero attached hydrogens (tertiary/aromatic N) is 4. The Morgan fingerprint density at radius 2 is 0.885 bits per heavy atom. The van der Waals surface area contributed by atoms with Crippen molar-refractivity contribution in [2.75, 3.05) is 0 Å². The van der Waals surface area contributed by atoms with E-state index >= 15 is 0 Å². The first kappa shape index (κ1) is 19.3. The second-order valence-corrected chi connectivity index (χ2v) is 6.38. The van der Waals surface area contributed by atoms with Gasteiger partial charge in [0.1, 0.15) is 0 Å². The summed E-state index contributed by atoms with van der Waals surface area (Å²) in [6, 6.07) is 3.19. The molecule has 14 heteroatoms. The van der Waals surface area contributed by atoms with Crippen molar-refractivity contribution >= 4 is 54.6 Å². The zero-order valence-electron chi connectivity index (χ0n) is 12.1. The molecule has 0 spiro atoms. The molecule has 0 heterocycles. The lowest BCUT2D eigenvalue weighted by atomic mass is 10.0. The van der Waals surface area contributed by atoms with Crippen LogP contribution in [0.4, 0.5) is 22.7 Å². The van der Waals surface area contributed by atoms with Gasteiger partial charge in [-0.3, -0.25) is 40.5 Å². The van der Waals surface area contributed by atoms with E-state index in [1.807, 2.05) is 0 Å². The first-order chi connectivity index (χ1) is 12.0. The van der Waals surface area contributed by atoms with E-state index in [0.29, 0.717) is 12.1 Å². The highest BCUT2D eigenvalue weighted by Crippen LogP contribution is 2.47. The summed E-state index contributed by atoms with van der Waals surface area (Å²) in [7, 11) is 0. The summed E-state index contributed by atoms with van der Waals surface area (Å²) in [4.78, 5) is 40.9. The quantitative estimate of drug-likeness (QED) is 0.433. The van der Waals surface area contributed by atoms with Crippen molar-refractivity contribution in [3.63, 3.8) is 0 Å². The van der Waals surface area contributed by atoms with E-state index in [9.17, 15) is 40.5 Å². The van der Waals surface area contributed by atoms with Gasteiger partial charge in [-0.15, -0.1) is 0 Å². The van der Waals surface area contributed by atoms with E-state index in [4.69, 9.17) is 0 Å². The molecule has 2 aromatic carbocycles. The number of hydrogen-bond donors (Lipinski definition) is 0. The minimum Gasteiger partial charge on any atom is -0.258 e. The van der Waals surface area contributed by atoms with Gasteiger partial charge in [-0.25, -0.2) is 0 Å². The van der Waals surface area contributed by atoms with Crippen LogP contribution in [0.15, 0.2) is 33.2 Å². The molecule has 0 amide bonds. The first-order valence-electron chi connectivity index (χ1n) is 6.29. The van der Waals surface area contributed by atoms with E-state index in [-0.39, 0.29) is 20.1 Å². The summed E-state index contributed by atoms with van der Waals surface area (Å²) < 4.78 is -0.313. The fourth-order valence-corrected chi connectivity index (χ4v) is 3.42. The molecule has 0 N–H and O–H groups in total. The lowest BCUT2D eigenvalue weighted by molar-refractivity contribution is -0.395. The summed E-state index contributed by atoms with van der Waals surface area (Å²) in [5.41, 5.74) is -3.41. The van der Waals surface area contributed by atoms with Gasteiger partial charge in [0.15, 0.2) is 0 Å². The van der Waals surface area contributed by atoms with Crippen molar-refractivity contribution in [3.8, 4) is 11.1 Å². The molecule has 0 atom stereocenters. The largest absolute Gasteiger partial charge is 0.285 e. The van der Waals surface area contributed by atoms with Gasteiger partial charge in [-0.1, -0.05) is 0 Å². The molecule has 0 saturated heterocycles. The van der Waals surface area contributed by atoms with Gasteiger partial charge in [0.2, 0.25) is 0 Å². The van der Waals surface area contributed by atoms with Crippen LogP contribution in [-0.2, 0) is 0 Å². The highest BCUT2D eigenvalue weighted by Gasteiger charge is 2.32. The Morgan fingerprint density at radius 1 is 0.577 bits per heavy atom. The lowest BCUT2D eigenvalue weighted by Crippen LogP contribution is -2.01. The van der Waals surface area contributed by atoms with Crippen LogP contribution in [0.1, 0.15) is 0 Å². The first-order valence-corrected chi connectivity index (χ1v) is 7.88. The minimum absolute atomic E-state index is 0.156. The van der Waals surface area contributed by atoms with E-state index in [2.05, 4.69) is 31.9 Å². The van der Waals surface area contributed by atoms with E-state index in [0.717, 1.165) is 12.1 Å². The summed E-state index contributed by atoms with van der Waals surface area (Å²) >= 11 is 5.90. The second kappa shape index (κ2) is 7.09. The van der Waals surface area contributed by atoms with Crippen LogP contribution in [0.3, 0.4) is 0 Å². The fourth-order valence-electron chi connectivity index (χ4n) is 2.15. The minimum atomic E-state index is -0.940. The second-order valence-electron chi connectivity index (χ2n) is 4.67. The summed E-state index contributed by atoms with van der Waals surface area (Å²) in [6.07, 6.45) is 0. The van der Waals surface area contributed by atoms with Crippen LogP contribution < -0.4 is 0 Å². The summed E-state index contributed by atoms with van der Waals surface area (Å²) in [6.45, 7) is 0. The molecule has 0 fully saturated rings. The molecule has 0 aliphatic carbocycles. The van der Waals surface area contributed by atoms with Crippen molar-refractivity contribution in [1.82, 2.24) is 0 Å². The smallest absolute Gasteiger partial charge is 0.258 e. The Kier molecular flexibility index (Phi) is 5.27. The van der Waals surface area contributed by atoms with Gasteiger partial charge >= 0.3 is 0 Å². The van der Waals surface area contributed by atoms with Crippen LogP contribution >= 0.6 is 31.9 Å². The Labute approximate surface area is 159 Å². The Bertz CT molecular complexity index is 914. The number of halogens is 2. The molecule has 0 unspecified atom stereocenters. The van der Waals surface area contributed by atoms with Crippen molar-refractivity contribution < 1.29 is 19.7 Å². The lowest BCUT2D eigenvalue weighted by Gasteiger charge is -2.09. The molecule has 0 radical (unpaired) electrons. The summed E-state index contributed by atoms with van der Waals surface area (Å²) in [5, 5.41) is 44.5. The normalized spacial score (nSPS) is 10.4. The molecule has 26 heavy (non-hydrogen) atoms. The van der Waals surface area contributed by atoms with E-state index in [1.54, 1.807) is 0 Å². The van der Waals surface area contributed by atoms with Crippen LogP contribution in [0, 0.1) is 40.5 Å². The Morgan fingerprint density at radius 3 is 1.12 bits per heavy atom. The van der Waals surface area contributed by atoms with Crippen LogP contribution in [-0.4, -0.2) is 19.7 Å². The number of nitro benzene ring substituents is 4. The SMILES string of the molecule is O=[N+]([O-])c1cc(Br)c(-c2c(Br)cc([N+](=O)[O-])cc2[N+](=O)[O-])c([N+](=O)[O-])c1. The van der Waals surface area contributed by atoms with Crippen molar-refractivity contribution in [3.05, 3.63) is 73.7 Å². The molecule has 0 saturated carbocycles. The standard InChI is InChI=1S/C12H4Br2N4O8/c13-7-1-5(15(19)20)3-9(17(23)24)11(7)12-8(14)2-6(16(21)22)4-10(12)18(25)26/h1-4H. The number of hydrogen-bond acceptors (Lipinski definition) is 8. The molecule has 2 aromatic rings. The van der Waals surface area contributed by atoms with E-state index in [1.165, 1.54) is 0 Å². The molecule has 0 aromatic heterocycles. The molecule has 2 rings (SSSR count). The van der Waals surface area contributed by atoms with Gasteiger partial charge in [0.05, 0.1) is 43.0 Å². The van der Waals surface area contributed by atoms with Crippen LogP contribution in [0.5, 0.6) is 0 Å².